The number of hydrogen-bond donors (Lipinski definition) is 1. The average molecular weight is 149 g/mol. The highest BCUT2D eigenvalue weighted by Crippen LogP contribution is 2.25. The van der Waals surface area contributed by atoms with Crippen molar-refractivity contribution in [1.82, 2.24) is 5.32 Å². The molecule has 0 amide bonds. The van der Waals surface area contributed by atoms with E-state index < -0.39 is 0 Å². The van der Waals surface area contributed by atoms with Gasteiger partial charge in [0, 0.05) is 12.0 Å². The quantitative estimate of drug-likeness (QED) is 0.477. The molecule has 2 atom stereocenters. The third-order valence-corrected chi connectivity index (χ3v) is 2.05. The maximum atomic E-state index is 3.99. The van der Waals surface area contributed by atoms with Crippen LogP contribution in [0.25, 0.3) is 0 Å². The molecule has 1 aliphatic carbocycles. The molecule has 11 heavy (non-hydrogen) atoms. The minimum absolute atomic E-state index is 0.499. The van der Waals surface area contributed by atoms with E-state index in [0.717, 1.165) is 0 Å². The molecule has 1 rings (SSSR count). The van der Waals surface area contributed by atoms with Crippen molar-refractivity contribution in [1.29, 1.82) is 0 Å². The first-order valence-electron chi connectivity index (χ1n) is 3.96. The maximum absolute atomic E-state index is 3.99. The van der Waals surface area contributed by atoms with Gasteiger partial charge in [0.25, 0.3) is 0 Å². The standard InChI is InChI=1S/C10H15N/c1-4-5-8(2)9-6-7-10(9)11-3/h4-7,9-11H,2H2,1,3H3/b5-4-. The van der Waals surface area contributed by atoms with Crippen LogP contribution in [-0.4, -0.2) is 13.1 Å². The van der Waals surface area contributed by atoms with Gasteiger partial charge in [-0.1, -0.05) is 30.9 Å². The van der Waals surface area contributed by atoms with E-state index in [2.05, 4.69) is 30.1 Å². The summed E-state index contributed by atoms with van der Waals surface area (Å²) in [7, 11) is 1.98. The number of hydrogen-bond acceptors (Lipinski definition) is 1. The molecule has 0 radical (unpaired) electrons. The maximum Gasteiger partial charge on any atom is 0.0351 e. The van der Waals surface area contributed by atoms with Crippen LogP contribution in [-0.2, 0) is 0 Å². The predicted molar refractivity (Wildman–Crippen MR) is 49.4 cm³/mol. The highest BCUT2D eigenvalue weighted by molar-refractivity contribution is 5.32. The van der Waals surface area contributed by atoms with Gasteiger partial charge in [-0.3, -0.25) is 0 Å². The molecule has 0 aromatic heterocycles. The molecule has 1 N–H and O–H groups in total. The van der Waals surface area contributed by atoms with Crippen LogP contribution in [0.3, 0.4) is 0 Å². The van der Waals surface area contributed by atoms with E-state index in [0.29, 0.717) is 12.0 Å². The first kappa shape index (κ1) is 8.28. The van der Waals surface area contributed by atoms with Crippen LogP contribution in [0.2, 0.25) is 0 Å². The van der Waals surface area contributed by atoms with E-state index in [-0.39, 0.29) is 0 Å². The Morgan fingerprint density at radius 1 is 1.55 bits per heavy atom. The summed E-state index contributed by atoms with van der Waals surface area (Å²) in [4.78, 5) is 0. The van der Waals surface area contributed by atoms with Gasteiger partial charge in [0.15, 0.2) is 0 Å². The molecule has 0 aromatic carbocycles. The number of allylic oxidation sites excluding steroid dienone is 2. The van der Waals surface area contributed by atoms with Crippen LogP contribution < -0.4 is 5.32 Å². The van der Waals surface area contributed by atoms with Gasteiger partial charge in [-0.05, 0) is 19.5 Å². The van der Waals surface area contributed by atoms with Gasteiger partial charge < -0.3 is 5.32 Å². The lowest BCUT2D eigenvalue weighted by molar-refractivity contribution is 0.524. The molecule has 0 spiro atoms. The summed E-state index contributed by atoms with van der Waals surface area (Å²) in [6.45, 7) is 6.00. The molecule has 60 valence electrons. The Morgan fingerprint density at radius 3 is 2.64 bits per heavy atom. The Morgan fingerprint density at radius 2 is 2.27 bits per heavy atom. The van der Waals surface area contributed by atoms with E-state index in [4.69, 9.17) is 0 Å². The zero-order valence-corrected chi connectivity index (χ0v) is 7.17. The van der Waals surface area contributed by atoms with Crippen molar-refractivity contribution in [2.45, 2.75) is 13.0 Å². The molecule has 0 saturated heterocycles. The Bertz CT molecular complexity index is 201. The molecule has 0 aliphatic heterocycles. The van der Waals surface area contributed by atoms with E-state index in [1.807, 2.05) is 20.0 Å². The largest absolute Gasteiger partial charge is 0.313 e. The van der Waals surface area contributed by atoms with Gasteiger partial charge in [0.05, 0.1) is 0 Å². The minimum atomic E-state index is 0.499. The van der Waals surface area contributed by atoms with E-state index in [1.165, 1.54) is 5.57 Å². The van der Waals surface area contributed by atoms with Gasteiger partial charge in [-0.25, -0.2) is 0 Å². The molecular formula is C10H15N. The van der Waals surface area contributed by atoms with E-state index in [9.17, 15) is 0 Å². The molecule has 0 fully saturated rings. The van der Waals surface area contributed by atoms with Crippen molar-refractivity contribution in [2.75, 3.05) is 7.05 Å². The molecular weight excluding hydrogens is 134 g/mol. The normalized spacial score (nSPS) is 28.9. The van der Waals surface area contributed by atoms with Crippen LogP contribution in [0.1, 0.15) is 6.92 Å². The van der Waals surface area contributed by atoms with Gasteiger partial charge in [0.2, 0.25) is 0 Å². The Balaban J connectivity index is 2.51. The van der Waals surface area contributed by atoms with Crippen LogP contribution in [0.4, 0.5) is 0 Å². The third-order valence-electron chi connectivity index (χ3n) is 2.05. The van der Waals surface area contributed by atoms with Crippen LogP contribution in [0.15, 0.2) is 36.5 Å². The Hall–Kier alpha value is -0.820. The Kier molecular flexibility index (Phi) is 2.66. The second-order valence-corrected chi connectivity index (χ2v) is 2.80. The molecule has 2 unspecified atom stereocenters. The van der Waals surface area contributed by atoms with Crippen molar-refractivity contribution in [2.24, 2.45) is 5.92 Å². The van der Waals surface area contributed by atoms with Crippen molar-refractivity contribution < 1.29 is 0 Å². The fraction of sp³-hybridized carbons (Fsp3) is 0.400. The number of likely N-dealkylation sites (N-methyl/N-ethyl adjacent to an activating group) is 1. The molecule has 0 aromatic rings. The lowest BCUT2D eigenvalue weighted by atomic mass is 9.83. The van der Waals surface area contributed by atoms with Crippen LogP contribution >= 0.6 is 0 Å². The van der Waals surface area contributed by atoms with Gasteiger partial charge >= 0.3 is 0 Å². The lowest BCUT2D eigenvalue weighted by Gasteiger charge is -2.29. The average Bonchev–Trinajstić information content (AvgIpc) is 1.86. The van der Waals surface area contributed by atoms with E-state index in [1.54, 1.807) is 0 Å². The second kappa shape index (κ2) is 3.54. The topological polar surface area (TPSA) is 12.0 Å². The van der Waals surface area contributed by atoms with Crippen molar-refractivity contribution in [3.05, 3.63) is 36.5 Å². The summed E-state index contributed by atoms with van der Waals surface area (Å²) in [5.74, 6) is 0.510. The fourth-order valence-electron chi connectivity index (χ4n) is 1.29. The fourth-order valence-corrected chi connectivity index (χ4v) is 1.29. The first-order valence-corrected chi connectivity index (χ1v) is 3.96. The van der Waals surface area contributed by atoms with Crippen molar-refractivity contribution >= 4 is 0 Å². The Labute approximate surface area is 68.5 Å². The second-order valence-electron chi connectivity index (χ2n) is 2.80. The molecule has 0 saturated carbocycles. The van der Waals surface area contributed by atoms with Crippen LogP contribution in [0, 0.1) is 5.92 Å². The highest BCUT2D eigenvalue weighted by atomic mass is 14.9. The summed E-state index contributed by atoms with van der Waals surface area (Å²) in [6.07, 6.45) is 8.45. The number of nitrogens with one attached hydrogen (secondary N) is 1. The van der Waals surface area contributed by atoms with Gasteiger partial charge in [-0.15, -0.1) is 0 Å². The van der Waals surface area contributed by atoms with Crippen molar-refractivity contribution in [3.8, 4) is 0 Å². The monoisotopic (exact) mass is 149 g/mol. The molecule has 1 heteroatoms. The van der Waals surface area contributed by atoms with Crippen molar-refractivity contribution in [3.63, 3.8) is 0 Å². The molecule has 0 heterocycles. The summed E-state index contributed by atoms with van der Waals surface area (Å²) in [5.41, 5.74) is 1.19. The molecule has 0 bridgehead atoms. The van der Waals surface area contributed by atoms with Gasteiger partial charge in [-0.2, -0.15) is 0 Å². The van der Waals surface area contributed by atoms with E-state index >= 15 is 0 Å². The molecule has 1 aliphatic rings. The summed E-state index contributed by atoms with van der Waals surface area (Å²) in [5, 5.41) is 3.21. The van der Waals surface area contributed by atoms with Gasteiger partial charge in [0.1, 0.15) is 0 Å². The summed E-state index contributed by atoms with van der Waals surface area (Å²) in [6, 6.07) is 0.499. The predicted octanol–water partition coefficient (Wildman–Crippen LogP) is 1.89. The number of rotatable bonds is 3. The third kappa shape index (κ3) is 1.60. The SMILES string of the molecule is C=C(/C=C\C)C1C=CC1NC. The molecule has 1 nitrogen and oxygen atoms in total. The zero-order valence-electron chi connectivity index (χ0n) is 7.17. The van der Waals surface area contributed by atoms with Crippen LogP contribution in [0.5, 0.6) is 0 Å². The lowest BCUT2D eigenvalue weighted by Crippen LogP contribution is -2.37. The minimum Gasteiger partial charge on any atom is -0.313 e. The smallest absolute Gasteiger partial charge is 0.0351 e. The summed E-state index contributed by atoms with van der Waals surface area (Å²) < 4.78 is 0. The summed E-state index contributed by atoms with van der Waals surface area (Å²) >= 11 is 0. The highest BCUT2D eigenvalue weighted by Gasteiger charge is 2.23. The zero-order chi connectivity index (χ0) is 8.27. The first-order chi connectivity index (χ1) is 5.29.